The van der Waals surface area contributed by atoms with Crippen molar-refractivity contribution in [2.24, 2.45) is 5.73 Å². The van der Waals surface area contributed by atoms with Gasteiger partial charge in [0.05, 0.1) is 18.8 Å². The quantitative estimate of drug-likeness (QED) is 0.618. The van der Waals surface area contributed by atoms with Crippen molar-refractivity contribution in [2.45, 2.75) is 19.5 Å². The second-order valence-corrected chi connectivity index (χ2v) is 3.95. The van der Waals surface area contributed by atoms with Crippen LogP contribution in [0.15, 0.2) is 6.20 Å². The molecular weight excluding hydrogens is 206 g/mol. The van der Waals surface area contributed by atoms with E-state index in [0.29, 0.717) is 13.2 Å². The zero-order valence-corrected chi connectivity index (χ0v) is 10.1. The van der Waals surface area contributed by atoms with Crippen LogP contribution in [0.3, 0.4) is 0 Å². The van der Waals surface area contributed by atoms with Gasteiger partial charge >= 0.3 is 0 Å². The minimum atomic E-state index is 0.434. The highest BCUT2D eigenvalue weighted by atomic mass is 16.5. The lowest BCUT2D eigenvalue weighted by molar-refractivity contribution is 0.116. The topological polar surface area (TPSA) is 69.2 Å². The summed E-state index contributed by atoms with van der Waals surface area (Å²) in [6.07, 6.45) is 2.90. The Hall–Kier alpha value is -0.980. The Kier molecular flexibility index (Phi) is 5.99. The second kappa shape index (κ2) is 7.32. The number of hydrogen-bond acceptors (Lipinski definition) is 5. The van der Waals surface area contributed by atoms with Crippen molar-refractivity contribution in [2.75, 3.05) is 33.9 Å². The van der Waals surface area contributed by atoms with Crippen molar-refractivity contribution in [1.29, 1.82) is 0 Å². The van der Waals surface area contributed by atoms with E-state index in [-0.39, 0.29) is 0 Å². The summed E-state index contributed by atoms with van der Waals surface area (Å²) < 4.78 is 7.24. The number of ether oxygens (including phenoxy) is 1. The van der Waals surface area contributed by atoms with Crippen molar-refractivity contribution in [3.05, 3.63) is 11.9 Å². The molecule has 6 heteroatoms. The van der Waals surface area contributed by atoms with Gasteiger partial charge in [-0.05, 0) is 27.1 Å². The highest BCUT2D eigenvalue weighted by molar-refractivity contribution is 4.90. The van der Waals surface area contributed by atoms with E-state index in [1.807, 2.05) is 6.20 Å². The highest BCUT2D eigenvalue weighted by Crippen LogP contribution is 1.92. The maximum atomic E-state index is 5.48. The van der Waals surface area contributed by atoms with E-state index in [9.17, 15) is 0 Å². The van der Waals surface area contributed by atoms with Crippen LogP contribution in [-0.4, -0.2) is 53.7 Å². The fraction of sp³-hybridized carbons (Fsp3) is 0.800. The van der Waals surface area contributed by atoms with E-state index < -0.39 is 0 Å². The van der Waals surface area contributed by atoms with Gasteiger partial charge in [-0.25, -0.2) is 4.68 Å². The first-order chi connectivity index (χ1) is 7.72. The van der Waals surface area contributed by atoms with Gasteiger partial charge in [0.25, 0.3) is 0 Å². The Morgan fingerprint density at radius 3 is 2.88 bits per heavy atom. The summed E-state index contributed by atoms with van der Waals surface area (Å²) in [6.45, 7) is 3.68. The fourth-order valence-corrected chi connectivity index (χ4v) is 1.28. The van der Waals surface area contributed by atoms with Crippen molar-refractivity contribution in [3.8, 4) is 0 Å². The Balaban J connectivity index is 2.02. The van der Waals surface area contributed by atoms with Crippen LogP contribution in [0.25, 0.3) is 0 Å². The summed E-state index contributed by atoms with van der Waals surface area (Å²) in [7, 11) is 4.12. The molecule has 0 bridgehead atoms. The van der Waals surface area contributed by atoms with E-state index in [1.165, 1.54) is 0 Å². The van der Waals surface area contributed by atoms with E-state index in [4.69, 9.17) is 10.5 Å². The number of aromatic nitrogens is 3. The molecule has 1 aromatic heterocycles. The van der Waals surface area contributed by atoms with Gasteiger partial charge in [0.15, 0.2) is 0 Å². The number of hydrogen-bond donors (Lipinski definition) is 1. The molecule has 0 amide bonds. The molecular formula is C10H21N5O. The molecule has 6 nitrogen and oxygen atoms in total. The molecule has 1 rings (SSSR count). The van der Waals surface area contributed by atoms with Gasteiger partial charge in [0.1, 0.15) is 0 Å². The van der Waals surface area contributed by atoms with Crippen LogP contribution in [0.1, 0.15) is 12.1 Å². The minimum Gasteiger partial charge on any atom is -0.379 e. The third-order valence-corrected chi connectivity index (χ3v) is 2.15. The van der Waals surface area contributed by atoms with Gasteiger partial charge in [-0.2, -0.15) is 0 Å². The normalized spacial score (nSPS) is 11.2. The molecule has 0 saturated carbocycles. The SMILES string of the molecule is CN(C)CCCOCCn1cc(CN)nn1. The molecule has 16 heavy (non-hydrogen) atoms. The third-order valence-electron chi connectivity index (χ3n) is 2.15. The van der Waals surface area contributed by atoms with Gasteiger partial charge in [-0.1, -0.05) is 5.21 Å². The monoisotopic (exact) mass is 227 g/mol. The Bertz CT molecular complexity index is 286. The van der Waals surface area contributed by atoms with Crippen LogP contribution in [0.2, 0.25) is 0 Å². The van der Waals surface area contributed by atoms with E-state index in [2.05, 4.69) is 29.3 Å². The third kappa shape index (κ3) is 5.20. The number of rotatable bonds is 8. The smallest absolute Gasteiger partial charge is 0.0962 e. The predicted molar refractivity (Wildman–Crippen MR) is 61.9 cm³/mol. The molecule has 0 atom stereocenters. The van der Waals surface area contributed by atoms with Crippen LogP contribution < -0.4 is 5.73 Å². The zero-order chi connectivity index (χ0) is 11.8. The lowest BCUT2D eigenvalue weighted by Crippen LogP contribution is -2.15. The summed E-state index contributed by atoms with van der Waals surface area (Å²) in [4.78, 5) is 2.15. The van der Waals surface area contributed by atoms with Crippen LogP contribution in [0.5, 0.6) is 0 Å². The molecule has 92 valence electrons. The van der Waals surface area contributed by atoms with Crippen LogP contribution in [0.4, 0.5) is 0 Å². The van der Waals surface area contributed by atoms with Gasteiger partial charge < -0.3 is 15.4 Å². The van der Waals surface area contributed by atoms with E-state index in [0.717, 1.165) is 31.8 Å². The minimum absolute atomic E-state index is 0.434. The molecule has 0 unspecified atom stereocenters. The molecule has 0 saturated heterocycles. The van der Waals surface area contributed by atoms with E-state index >= 15 is 0 Å². The average molecular weight is 227 g/mol. The predicted octanol–water partition coefficient (Wildman–Crippen LogP) is -0.295. The van der Waals surface area contributed by atoms with Gasteiger partial charge in [0, 0.05) is 19.3 Å². The van der Waals surface area contributed by atoms with Crippen molar-refractivity contribution in [3.63, 3.8) is 0 Å². The maximum absolute atomic E-state index is 5.48. The summed E-state index contributed by atoms with van der Waals surface area (Å²) in [6, 6.07) is 0. The lowest BCUT2D eigenvalue weighted by atomic mass is 10.4. The molecule has 0 aromatic carbocycles. The zero-order valence-electron chi connectivity index (χ0n) is 10.1. The molecule has 1 heterocycles. The Labute approximate surface area is 96.4 Å². The lowest BCUT2D eigenvalue weighted by Gasteiger charge is -2.09. The molecule has 0 spiro atoms. The Morgan fingerprint density at radius 1 is 1.44 bits per heavy atom. The number of nitrogens with two attached hydrogens (primary N) is 1. The number of nitrogens with zero attached hydrogens (tertiary/aromatic N) is 4. The van der Waals surface area contributed by atoms with Gasteiger partial charge in [0.2, 0.25) is 0 Å². The van der Waals surface area contributed by atoms with Gasteiger partial charge in [-0.15, -0.1) is 5.10 Å². The average Bonchev–Trinajstić information content (AvgIpc) is 2.70. The molecule has 0 aliphatic rings. The first kappa shape index (κ1) is 13.1. The largest absolute Gasteiger partial charge is 0.379 e. The highest BCUT2D eigenvalue weighted by Gasteiger charge is 1.98. The van der Waals surface area contributed by atoms with Gasteiger partial charge in [-0.3, -0.25) is 0 Å². The summed E-state index contributed by atoms with van der Waals surface area (Å²) in [5.41, 5.74) is 6.25. The maximum Gasteiger partial charge on any atom is 0.0962 e. The molecule has 1 aromatic rings. The van der Waals surface area contributed by atoms with Crippen LogP contribution in [-0.2, 0) is 17.8 Å². The molecule has 0 fully saturated rings. The Morgan fingerprint density at radius 2 is 2.25 bits per heavy atom. The van der Waals surface area contributed by atoms with Crippen molar-refractivity contribution >= 4 is 0 Å². The summed E-state index contributed by atoms with van der Waals surface area (Å²) >= 11 is 0. The van der Waals surface area contributed by atoms with Crippen LogP contribution in [0, 0.1) is 0 Å². The second-order valence-electron chi connectivity index (χ2n) is 3.95. The van der Waals surface area contributed by atoms with Crippen molar-refractivity contribution < 1.29 is 4.74 Å². The molecule has 0 radical (unpaired) electrons. The summed E-state index contributed by atoms with van der Waals surface area (Å²) in [5, 5.41) is 7.83. The standard InChI is InChI=1S/C10H21N5O/c1-14(2)4-3-6-16-7-5-15-9-10(8-11)12-13-15/h9H,3-8,11H2,1-2H3. The molecule has 2 N–H and O–H groups in total. The van der Waals surface area contributed by atoms with Crippen molar-refractivity contribution in [1.82, 2.24) is 19.9 Å². The van der Waals surface area contributed by atoms with Crippen LogP contribution >= 0.6 is 0 Å². The molecule has 0 aliphatic carbocycles. The van der Waals surface area contributed by atoms with E-state index in [1.54, 1.807) is 4.68 Å². The first-order valence-corrected chi connectivity index (χ1v) is 5.54. The fourth-order valence-electron chi connectivity index (χ4n) is 1.28. The first-order valence-electron chi connectivity index (χ1n) is 5.54. The molecule has 0 aliphatic heterocycles. The summed E-state index contributed by atoms with van der Waals surface area (Å²) in [5.74, 6) is 0.